The van der Waals surface area contributed by atoms with Gasteiger partial charge in [0.05, 0.1) is 5.69 Å². The second kappa shape index (κ2) is 7.44. The van der Waals surface area contributed by atoms with E-state index in [1.54, 1.807) is 0 Å². The van der Waals surface area contributed by atoms with Crippen molar-refractivity contribution in [2.75, 3.05) is 13.1 Å². The number of benzene rings is 1. The number of hydrogen-bond acceptors (Lipinski definition) is 5. The molecule has 132 valence electrons. The number of rotatable bonds is 4. The molecule has 0 saturated carbocycles. The van der Waals surface area contributed by atoms with E-state index >= 15 is 0 Å². The zero-order valence-corrected chi connectivity index (χ0v) is 15.7. The minimum absolute atomic E-state index is 0.00395. The fourth-order valence-corrected chi connectivity index (χ4v) is 4.12. The van der Waals surface area contributed by atoms with E-state index in [0.29, 0.717) is 37.2 Å². The summed E-state index contributed by atoms with van der Waals surface area (Å²) in [6.45, 7) is 7.22. The summed E-state index contributed by atoms with van der Waals surface area (Å²) in [7, 11) is 0. The number of carbonyl (C=O) groups is 2. The molecule has 1 fully saturated rings. The van der Waals surface area contributed by atoms with Gasteiger partial charge in [0.25, 0.3) is 5.91 Å². The van der Waals surface area contributed by atoms with Crippen molar-refractivity contribution in [3.8, 4) is 0 Å². The molecule has 0 radical (unpaired) electrons. The molecule has 0 aliphatic carbocycles. The Morgan fingerprint density at radius 3 is 2.60 bits per heavy atom. The molecule has 0 atom stereocenters. The van der Waals surface area contributed by atoms with Crippen molar-refractivity contribution in [3.05, 3.63) is 45.5 Å². The highest BCUT2D eigenvalue weighted by Crippen LogP contribution is 2.25. The van der Waals surface area contributed by atoms with E-state index in [-0.39, 0.29) is 17.6 Å². The molecule has 3 rings (SSSR count). The Morgan fingerprint density at radius 1 is 1.24 bits per heavy atom. The third-order valence-corrected chi connectivity index (χ3v) is 5.64. The first-order valence-electron chi connectivity index (χ1n) is 8.73. The predicted octanol–water partition coefficient (Wildman–Crippen LogP) is 3.45. The maximum absolute atomic E-state index is 12.8. The van der Waals surface area contributed by atoms with Crippen LogP contribution in [-0.2, 0) is 6.42 Å². The molecule has 1 aliphatic heterocycles. The van der Waals surface area contributed by atoms with Crippen LogP contribution in [0.15, 0.2) is 18.2 Å². The molecule has 6 heteroatoms. The van der Waals surface area contributed by atoms with E-state index in [2.05, 4.69) is 15.7 Å². The topological polar surface area (TPSA) is 63.2 Å². The Bertz CT molecular complexity index is 792. The molecule has 0 spiro atoms. The van der Waals surface area contributed by atoms with E-state index in [1.807, 2.05) is 37.8 Å². The number of piperidine rings is 1. The molecule has 25 heavy (non-hydrogen) atoms. The van der Waals surface area contributed by atoms with Gasteiger partial charge in [-0.2, -0.15) is 0 Å². The highest BCUT2D eigenvalue weighted by Gasteiger charge is 2.30. The lowest BCUT2D eigenvalue weighted by Crippen LogP contribution is -2.40. The van der Waals surface area contributed by atoms with Crippen LogP contribution in [0.5, 0.6) is 0 Å². The Morgan fingerprint density at radius 2 is 1.96 bits per heavy atom. The van der Waals surface area contributed by atoms with Crippen molar-refractivity contribution >= 4 is 23.2 Å². The van der Waals surface area contributed by atoms with Crippen molar-refractivity contribution in [2.24, 2.45) is 5.92 Å². The van der Waals surface area contributed by atoms with Crippen molar-refractivity contribution in [1.29, 1.82) is 0 Å². The van der Waals surface area contributed by atoms with Crippen molar-refractivity contribution in [1.82, 2.24) is 14.5 Å². The number of amides is 1. The van der Waals surface area contributed by atoms with Crippen LogP contribution in [0.4, 0.5) is 0 Å². The minimum Gasteiger partial charge on any atom is -0.338 e. The first kappa shape index (κ1) is 17.7. The summed E-state index contributed by atoms with van der Waals surface area (Å²) in [5.74, 6) is 0.207. The molecule has 1 amide bonds. The predicted molar refractivity (Wildman–Crippen MR) is 98.2 cm³/mol. The van der Waals surface area contributed by atoms with Gasteiger partial charge in [0.1, 0.15) is 4.88 Å². The average Bonchev–Trinajstić information content (AvgIpc) is 3.09. The molecular weight excluding hydrogens is 334 g/mol. The fraction of sp³-hybridized carbons (Fsp3) is 0.474. The van der Waals surface area contributed by atoms with Crippen LogP contribution in [0, 0.1) is 19.8 Å². The van der Waals surface area contributed by atoms with E-state index in [4.69, 9.17) is 0 Å². The zero-order valence-electron chi connectivity index (χ0n) is 14.9. The molecule has 0 bridgehead atoms. The van der Waals surface area contributed by atoms with Gasteiger partial charge in [0.2, 0.25) is 0 Å². The van der Waals surface area contributed by atoms with Gasteiger partial charge in [-0.25, -0.2) is 0 Å². The molecule has 1 aliphatic rings. The number of Topliss-reactive ketones (excluding diaryl/α,β-unsaturated/α-hetero) is 1. The Labute approximate surface area is 152 Å². The number of aromatic nitrogens is 2. The summed E-state index contributed by atoms with van der Waals surface area (Å²) >= 11 is 1.16. The SMILES string of the molecule is CCc1nnsc1C(=O)N1CCC(C(=O)c2ccc(C)cc2C)CC1. The van der Waals surface area contributed by atoms with Crippen LogP contribution in [-0.4, -0.2) is 39.3 Å². The van der Waals surface area contributed by atoms with Crippen LogP contribution in [0.1, 0.15) is 56.6 Å². The molecule has 0 N–H and O–H groups in total. The van der Waals surface area contributed by atoms with Gasteiger partial charge in [0.15, 0.2) is 5.78 Å². The summed E-state index contributed by atoms with van der Waals surface area (Å²) in [4.78, 5) is 27.9. The van der Waals surface area contributed by atoms with Crippen LogP contribution < -0.4 is 0 Å². The number of carbonyl (C=O) groups excluding carboxylic acids is 2. The van der Waals surface area contributed by atoms with E-state index in [9.17, 15) is 9.59 Å². The van der Waals surface area contributed by atoms with Gasteiger partial charge < -0.3 is 4.90 Å². The Balaban J connectivity index is 1.65. The Hall–Kier alpha value is -2.08. The summed E-state index contributed by atoms with van der Waals surface area (Å²) in [5, 5.41) is 4.02. The summed E-state index contributed by atoms with van der Waals surface area (Å²) in [5.41, 5.74) is 3.78. The molecule has 1 aromatic carbocycles. The zero-order chi connectivity index (χ0) is 18.0. The van der Waals surface area contributed by atoms with Crippen LogP contribution >= 0.6 is 11.5 Å². The lowest BCUT2D eigenvalue weighted by atomic mass is 9.87. The summed E-state index contributed by atoms with van der Waals surface area (Å²) < 4.78 is 3.90. The van der Waals surface area contributed by atoms with Gasteiger partial charge in [-0.1, -0.05) is 35.2 Å². The van der Waals surface area contributed by atoms with E-state index in [1.165, 1.54) is 5.56 Å². The fourth-order valence-electron chi connectivity index (χ4n) is 3.40. The first-order valence-corrected chi connectivity index (χ1v) is 9.50. The van der Waals surface area contributed by atoms with Crippen molar-refractivity contribution in [2.45, 2.75) is 40.0 Å². The lowest BCUT2D eigenvalue weighted by Gasteiger charge is -2.31. The summed E-state index contributed by atoms with van der Waals surface area (Å²) in [6.07, 6.45) is 2.14. The minimum atomic E-state index is -0.00399. The number of likely N-dealkylation sites (tertiary alicyclic amines) is 1. The number of nitrogens with zero attached hydrogens (tertiary/aromatic N) is 3. The number of aryl methyl sites for hydroxylation is 3. The maximum atomic E-state index is 12.8. The van der Waals surface area contributed by atoms with Crippen LogP contribution in [0.2, 0.25) is 0 Å². The average molecular weight is 357 g/mol. The third kappa shape index (κ3) is 3.63. The van der Waals surface area contributed by atoms with E-state index in [0.717, 1.165) is 28.4 Å². The normalized spacial score (nSPS) is 15.4. The van der Waals surface area contributed by atoms with Crippen molar-refractivity contribution in [3.63, 3.8) is 0 Å². The quantitative estimate of drug-likeness (QED) is 0.786. The van der Waals surface area contributed by atoms with Gasteiger partial charge in [0, 0.05) is 24.6 Å². The van der Waals surface area contributed by atoms with Crippen LogP contribution in [0.3, 0.4) is 0 Å². The van der Waals surface area contributed by atoms with Crippen LogP contribution in [0.25, 0.3) is 0 Å². The third-order valence-electron chi connectivity index (χ3n) is 4.89. The molecule has 1 saturated heterocycles. The van der Waals surface area contributed by atoms with Gasteiger partial charge in [-0.05, 0) is 50.2 Å². The standard InChI is InChI=1S/C19H23N3O2S/c1-4-16-18(25-21-20-16)19(24)22-9-7-14(8-10-22)17(23)15-6-5-12(2)11-13(15)3/h5-6,11,14H,4,7-10H2,1-3H3. The lowest BCUT2D eigenvalue weighted by molar-refractivity contribution is 0.0653. The highest BCUT2D eigenvalue weighted by molar-refractivity contribution is 7.08. The number of hydrogen-bond donors (Lipinski definition) is 0. The molecule has 2 aromatic rings. The van der Waals surface area contributed by atoms with Crippen molar-refractivity contribution < 1.29 is 9.59 Å². The molecule has 5 nitrogen and oxygen atoms in total. The summed E-state index contributed by atoms with van der Waals surface area (Å²) in [6, 6.07) is 5.97. The smallest absolute Gasteiger partial charge is 0.267 e. The molecular formula is C19H23N3O2S. The molecule has 0 unspecified atom stereocenters. The second-order valence-corrected chi connectivity index (χ2v) is 7.41. The maximum Gasteiger partial charge on any atom is 0.267 e. The van der Waals surface area contributed by atoms with Gasteiger partial charge >= 0.3 is 0 Å². The number of ketones is 1. The Kier molecular flexibility index (Phi) is 5.27. The van der Waals surface area contributed by atoms with Gasteiger partial charge in [-0.3, -0.25) is 9.59 Å². The highest BCUT2D eigenvalue weighted by atomic mass is 32.1. The molecule has 2 heterocycles. The second-order valence-electron chi connectivity index (χ2n) is 6.65. The largest absolute Gasteiger partial charge is 0.338 e. The molecule has 1 aromatic heterocycles. The monoisotopic (exact) mass is 357 g/mol. The van der Waals surface area contributed by atoms with Gasteiger partial charge in [-0.15, -0.1) is 5.10 Å². The first-order chi connectivity index (χ1) is 12.0. The van der Waals surface area contributed by atoms with E-state index < -0.39 is 0 Å².